The SMILES string of the molecule is CCn1cc(C(=O)N2C[C@@H](C)[C@H](N3CCOCC3)C2)c(C(C)C)n1. The van der Waals surface area contributed by atoms with Gasteiger partial charge in [0.1, 0.15) is 0 Å². The van der Waals surface area contributed by atoms with Crippen LogP contribution >= 0.6 is 0 Å². The number of nitrogens with zero attached hydrogens (tertiary/aromatic N) is 4. The molecule has 0 spiro atoms. The number of carbonyl (C=O) groups excluding carboxylic acids is 1. The fourth-order valence-corrected chi connectivity index (χ4v) is 3.86. The van der Waals surface area contributed by atoms with Crippen molar-refractivity contribution < 1.29 is 9.53 Å². The second-order valence-corrected chi connectivity index (χ2v) is 7.34. The first-order chi connectivity index (χ1) is 11.5. The van der Waals surface area contributed by atoms with Crippen LogP contribution in [0.4, 0.5) is 0 Å². The fourth-order valence-electron chi connectivity index (χ4n) is 3.86. The number of aromatic nitrogens is 2. The van der Waals surface area contributed by atoms with Crippen molar-refractivity contribution in [1.82, 2.24) is 19.6 Å². The second kappa shape index (κ2) is 7.23. The summed E-state index contributed by atoms with van der Waals surface area (Å²) >= 11 is 0. The highest BCUT2D eigenvalue weighted by atomic mass is 16.5. The highest BCUT2D eigenvalue weighted by Gasteiger charge is 2.37. The van der Waals surface area contributed by atoms with Crippen molar-refractivity contribution in [3.63, 3.8) is 0 Å². The van der Waals surface area contributed by atoms with Gasteiger partial charge in [-0.1, -0.05) is 20.8 Å². The Morgan fingerprint density at radius 1 is 1.33 bits per heavy atom. The topological polar surface area (TPSA) is 50.6 Å². The molecule has 1 aromatic rings. The van der Waals surface area contributed by atoms with Gasteiger partial charge in [0.2, 0.25) is 0 Å². The summed E-state index contributed by atoms with van der Waals surface area (Å²) in [7, 11) is 0. The van der Waals surface area contributed by atoms with Crippen LogP contribution in [0.5, 0.6) is 0 Å². The summed E-state index contributed by atoms with van der Waals surface area (Å²) in [6, 6.07) is 0.446. The van der Waals surface area contributed by atoms with Crippen molar-refractivity contribution in [1.29, 1.82) is 0 Å². The molecule has 0 N–H and O–H groups in total. The lowest BCUT2D eigenvalue weighted by Gasteiger charge is -2.33. The quantitative estimate of drug-likeness (QED) is 0.843. The third-order valence-electron chi connectivity index (χ3n) is 5.27. The van der Waals surface area contributed by atoms with Crippen molar-refractivity contribution >= 4 is 5.91 Å². The molecule has 6 nitrogen and oxygen atoms in total. The Bertz CT molecular complexity index is 578. The van der Waals surface area contributed by atoms with E-state index >= 15 is 0 Å². The molecule has 2 saturated heterocycles. The van der Waals surface area contributed by atoms with Crippen LogP contribution in [0.15, 0.2) is 6.20 Å². The molecule has 2 atom stereocenters. The van der Waals surface area contributed by atoms with E-state index in [1.54, 1.807) is 0 Å². The zero-order valence-electron chi connectivity index (χ0n) is 15.4. The van der Waals surface area contributed by atoms with Crippen LogP contribution in [0.2, 0.25) is 0 Å². The zero-order chi connectivity index (χ0) is 17.3. The van der Waals surface area contributed by atoms with Gasteiger partial charge < -0.3 is 9.64 Å². The van der Waals surface area contributed by atoms with E-state index in [9.17, 15) is 4.79 Å². The number of amides is 1. The van der Waals surface area contributed by atoms with Gasteiger partial charge in [0.25, 0.3) is 5.91 Å². The summed E-state index contributed by atoms with van der Waals surface area (Å²) in [4.78, 5) is 17.6. The Kier molecular flexibility index (Phi) is 5.25. The summed E-state index contributed by atoms with van der Waals surface area (Å²) in [6.45, 7) is 14.5. The minimum absolute atomic E-state index is 0.140. The lowest BCUT2D eigenvalue weighted by Crippen LogP contribution is -2.47. The molecule has 0 unspecified atom stereocenters. The first kappa shape index (κ1) is 17.4. The summed E-state index contributed by atoms with van der Waals surface area (Å²) < 4.78 is 7.34. The third kappa shape index (κ3) is 3.35. The molecule has 0 aliphatic carbocycles. The molecule has 2 aliphatic rings. The van der Waals surface area contributed by atoms with Gasteiger partial charge in [-0.05, 0) is 18.8 Å². The van der Waals surface area contributed by atoms with Gasteiger partial charge in [0, 0.05) is 45.0 Å². The van der Waals surface area contributed by atoms with Crippen LogP contribution in [0.25, 0.3) is 0 Å². The van der Waals surface area contributed by atoms with Crippen molar-refractivity contribution in [2.24, 2.45) is 5.92 Å². The standard InChI is InChI=1S/C18H30N4O2/c1-5-22-11-15(17(19-22)13(2)3)18(23)21-10-14(4)16(12-21)20-6-8-24-9-7-20/h11,13-14,16H,5-10,12H2,1-4H3/t14-,16-/m1/s1. The Hall–Kier alpha value is -1.40. The third-order valence-corrected chi connectivity index (χ3v) is 5.27. The van der Waals surface area contributed by atoms with E-state index in [-0.39, 0.29) is 11.8 Å². The van der Waals surface area contributed by atoms with Crippen molar-refractivity contribution in [2.75, 3.05) is 39.4 Å². The lowest BCUT2D eigenvalue weighted by molar-refractivity contribution is 0.0119. The average molecular weight is 334 g/mol. The van der Waals surface area contributed by atoms with Crippen LogP contribution in [0.1, 0.15) is 49.7 Å². The maximum absolute atomic E-state index is 13.1. The maximum atomic E-state index is 13.1. The van der Waals surface area contributed by atoms with Crippen molar-refractivity contribution in [2.45, 2.75) is 46.2 Å². The molecule has 24 heavy (non-hydrogen) atoms. The van der Waals surface area contributed by atoms with Gasteiger partial charge in [-0.25, -0.2) is 0 Å². The van der Waals surface area contributed by atoms with Gasteiger partial charge in [-0.2, -0.15) is 5.10 Å². The highest BCUT2D eigenvalue weighted by molar-refractivity contribution is 5.95. The van der Waals surface area contributed by atoms with Gasteiger partial charge in [-0.3, -0.25) is 14.4 Å². The number of ether oxygens (including phenoxy) is 1. The molecule has 3 heterocycles. The van der Waals surface area contributed by atoms with E-state index in [1.807, 2.05) is 15.8 Å². The van der Waals surface area contributed by atoms with E-state index in [0.717, 1.165) is 57.2 Å². The largest absolute Gasteiger partial charge is 0.379 e. The molecule has 1 aromatic heterocycles. The number of aryl methyl sites for hydroxylation is 1. The molecule has 0 aromatic carbocycles. The van der Waals surface area contributed by atoms with Crippen LogP contribution in [-0.4, -0.2) is 70.9 Å². The second-order valence-electron chi connectivity index (χ2n) is 7.34. The fraction of sp³-hybridized carbons (Fsp3) is 0.778. The number of rotatable bonds is 4. The molecule has 3 rings (SSSR count). The van der Waals surface area contributed by atoms with Crippen LogP contribution in [0.3, 0.4) is 0 Å². The first-order valence-corrected chi connectivity index (χ1v) is 9.19. The number of likely N-dealkylation sites (tertiary alicyclic amines) is 1. The normalized spacial score (nSPS) is 25.6. The Labute approximate surface area is 144 Å². The Morgan fingerprint density at radius 2 is 2.04 bits per heavy atom. The molecule has 0 bridgehead atoms. The predicted octanol–water partition coefficient (Wildman–Crippen LogP) is 1.82. The van der Waals surface area contributed by atoms with Gasteiger partial charge in [0.05, 0.1) is 24.5 Å². The molecule has 1 amide bonds. The molecule has 0 saturated carbocycles. The van der Waals surface area contributed by atoms with Gasteiger partial charge in [-0.15, -0.1) is 0 Å². The van der Waals surface area contributed by atoms with Gasteiger partial charge in [0.15, 0.2) is 0 Å². The summed E-state index contributed by atoms with van der Waals surface area (Å²) in [5.41, 5.74) is 1.70. The number of hydrogen-bond donors (Lipinski definition) is 0. The molecule has 134 valence electrons. The van der Waals surface area contributed by atoms with Crippen molar-refractivity contribution in [3.05, 3.63) is 17.5 Å². The lowest BCUT2D eigenvalue weighted by atomic mass is 10.0. The smallest absolute Gasteiger partial charge is 0.257 e. The van der Waals surface area contributed by atoms with Crippen LogP contribution < -0.4 is 0 Å². The monoisotopic (exact) mass is 334 g/mol. The van der Waals surface area contributed by atoms with E-state index in [1.165, 1.54) is 0 Å². The van der Waals surface area contributed by atoms with Gasteiger partial charge >= 0.3 is 0 Å². The number of morpholine rings is 1. The van der Waals surface area contributed by atoms with Crippen LogP contribution in [-0.2, 0) is 11.3 Å². The average Bonchev–Trinajstić information content (AvgIpc) is 3.19. The molecular weight excluding hydrogens is 304 g/mol. The minimum atomic E-state index is 0.140. The molecule has 2 aliphatic heterocycles. The summed E-state index contributed by atoms with van der Waals surface area (Å²) in [5.74, 6) is 0.892. The van der Waals surface area contributed by atoms with Crippen molar-refractivity contribution in [3.8, 4) is 0 Å². The molecule has 2 fully saturated rings. The summed E-state index contributed by atoms with van der Waals surface area (Å²) in [5, 5.41) is 4.59. The van der Waals surface area contributed by atoms with Crippen LogP contribution in [0, 0.1) is 5.92 Å². The van der Waals surface area contributed by atoms with E-state index in [0.29, 0.717) is 12.0 Å². The Morgan fingerprint density at radius 3 is 2.67 bits per heavy atom. The summed E-state index contributed by atoms with van der Waals surface area (Å²) in [6.07, 6.45) is 1.92. The van der Waals surface area contributed by atoms with E-state index < -0.39 is 0 Å². The Balaban J connectivity index is 1.75. The minimum Gasteiger partial charge on any atom is -0.379 e. The number of hydrogen-bond acceptors (Lipinski definition) is 4. The predicted molar refractivity (Wildman–Crippen MR) is 93.2 cm³/mol. The van der Waals surface area contributed by atoms with E-state index in [2.05, 4.69) is 37.7 Å². The number of carbonyl (C=O) groups is 1. The highest BCUT2D eigenvalue weighted by Crippen LogP contribution is 2.26. The maximum Gasteiger partial charge on any atom is 0.257 e. The first-order valence-electron chi connectivity index (χ1n) is 9.19. The van der Waals surface area contributed by atoms with E-state index in [4.69, 9.17) is 4.74 Å². The molecule has 6 heteroatoms. The molecule has 0 radical (unpaired) electrons. The zero-order valence-corrected chi connectivity index (χ0v) is 15.4. The molecular formula is C18H30N4O2.